The number of carbonyl (C=O) groups is 1. The number of aromatic nitrogens is 3. The van der Waals surface area contributed by atoms with E-state index in [9.17, 15) is 4.79 Å². The molecule has 0 amide bonds. The van der Waals surface area contributed by atoms with E-state index in [4.69, 9.17) is 9.57 Å². The number of para-hydroxylation sites is 1. The number of carbonyl (C=O) groups excluding carboxylic acids is 1. The van der Waals surface area contributed by atoms with E-state index in [2.05, 4.69) is 17.2 Å². The molecule has 0 bridgehead atoms. The molecule has 6 heteroatoms. The van der Waals surface area contributed by atoms with Crippen LogP contribution in [0.5, 0.6) is 5.75 Å². The zero-order chi connectivity index (χ0) is 18.9. The summed E-state index contributed by atoms with van der Waals surface area (Å²) in [5.74, 6) is 0.263. The molecule has 1 heterocycles. The minimum Gasteiger partial charge on any atom is -0.494 e. The van der Waals surface area contributed by atoms with Gasteiger partial charge in [-0.2, -0.15) is 0 Å². The lowest BCUT2D eigenvalue weighted by molar-refractivity contribution is 0.0409. The van der Waals surface area contributed by atoms with E-state index in [0.29, 0.717) is 23.2 Å². The molecule has 0 N–H and O–H groups in total. The summed E-state index contributed by atoms with van der Waals surface area (Å²) in [5, 5.41) is 7.81. The van der Waals surface area contributed by atoms with Crippen molar-refractivity contribution < 1.29 is 14.4 Å². The summed E-state index contributed by atoms with van der Waals surface area (Å²) in [7, 11) is 0. The molecule has 0 aliphatic rings. The Bertz CT molecular complexity index is 858. The summed E-state index contributed by atoms with van der Waals surface area (Å²) in [6, 6.07) is 14.2. The van der Waals surface area contributed by atoms with E-state index >= 15 is 0 Å². The fourth-order valence-corrected chi connectivity index (χ4v) is 2.81. The molecule has 142 valence electrons. The van der Waals surface area contributed by atoms with Crippen LogP contribution in [-0.4, -0.2) is 27.7 Å². The Morgan fingerprint density at radius 1 is 0.963 bits per heavy atom. The van der Waals surface area contributed by atoms with Crippen molar-refractivity contribution in [3.05, 3.63) is 54.1 Å². The normalized spacial score (nSPS) is 10.9. The summed E-state index contributed by atoms with van der Waals surface area (Å²) >= 11 is 0. The highest BCUT2D eigenvalue weighted by Crippen LogP contribution is 2.14. The molecule has 0 saturated heterocycles. The molecule has 6 nitrogen and oxygen atoms in total. The Labute approximate surface area is 159 Å². The summed E-state index contributed by atoms with van der Waals surface area (Å²) in [6.45, 7) is 2.91. The number of benzene rings is 2. The molecule has 2 aromatic carbocycles. The van der Waals surface area contributed by atoms with Gasteiger partial charge >= 0.3 is 5.97 Å². The second kappa shape index (κ2) is 9.71. The third-order valence-corrected chi connectivity index (χ3v) is 4.35. The van der Waals surface area contributed by atoms with Gasteiger partial charge in [0.25, 0.3) is 0 Å². The Balaban J connectivity index is 1.47. The second-order valence-electron chi connectivity index (χ2n) is 6.47. The van der Waals surface area contributed by atoms with Crippen LogP contribution in [0.4, 0.5) is 0 Å². The minimum absolute atomic E-state index is 0.432. The van der Waals surface area contributed by atoms with Gasteiger partial charge in [-0.05, 0) is 48.0 Å². The minimum atomic E-state index is -0.492. The highest BCUT2D eigenvalue weighted by atomic mass is 16.7. The van der Waals surface area contributed by atoms with E-state index in [0.717, 1.165) is 17.0 Å². The molecule has 0 atom stereocenters. The highest BCUT2D eigenvalue weighted by molar-refractivity contribution is 5.90. The van der Waals surface area contributed by atoms with E-state index in [1.807, 2.05) is 18.2 Å². The third-order valence-electron chi connectivity index (χ3n) is 4.35. The highest BCUT2D eigenvalue weighted by Gasteiger charge is 2.12. The molecule has 3 aromatic rings. The van der Waals surface area contributed by atoms with Crippen molar-refractivity contribution in [1.82, 2.24) is 15.2 Å². The van der Waals surface area contributed by atoms with Gasteiger partial charge in [-0.25, -0.2) is 4.79 Å². The van der Waals surface area contributed by atoms with Crippen molar-refractivity contribution in [3.63, 3.8) is 0 Å². The molecule has 3 rings (SSSR count). The molecule has 27 heavy (non-hydrogen) atoms. The number of ether oxygens (including phenoxy) is 1. The first-order chi connectivity index (χ1) is 13.3. The van der Waals surface area contributed by atoms with Crippen molar-refractivity contribution in [1.29, 1.82) is 0 Å². The topological polar surface area (TPSA) is 66.2 Å². The first-order valence-electron chi connectivity index (χ1n) is 9.54. The molecule has 0 spiro atoms. The lowest BCUT2D eigenvalue weighted by Gasteiger charge is -2.07. The van der Waals surface area contributed by atoms with Crippen molar-refractivity contribution >= 4 is 17.0 Å². The van der Waals surface area contributed by atoms with Crippen LogP contribution in [0.1, 0.15) is 55.8 Å². The van der Waals surface area contributed by atoms with Gasteiger partial charge in [0.15, 0.2) is 0 Å². The average molecular weight is 367 g/mol. The fourth-order valence-electron chi connectivity index (χ4n) is 2.81. The van der Waals surface area contributed by atoms with Gasteiger partial charge in [-0.1, -0.05) is 56.0 Å². The Kier molecular flexibility index (Phi) is 6.79. The monoisotopic (exact) mass is 367 g/mol. The standard InChI is InChI=1S/C21H25N3O3/c1-2-3-4-5-6-9-16-26-18-14-12-17(13-15-18)21(25)27-24-20-11-8-7-10-19(20)22-23-24/h7-8,10-15H,2-6,9,16H2,1H3. The maximum absolute atomic E-state index is 12.3. The molecule has 0 aliphatic heterocycles. The van der Waals surface area contributed by atoms with Gasteiger partial charge < -0.3 is 9.57 Å². The molecule has 0 radical (unpaired) electrons. The van der Waals surface area contributed by atoms with Gasteiger partial charge in [0.1, 0.15) is 16.8 Å². The lowest BCUT2D eigenvalue weighted by Crippen LogP contribution is -2.21. The van der Waals surface area contributed by atoms with E-state index < -0.39 is 5.97 Å². The van der Waals surface area contributed by atoms with E-state index in [1.54, 1.807) is 30.3 Å². The Morgan fingerprint density at radius 3 is 2.52 bits per heavy atom. The predicted molar refractivity (Wildman–Crippen MR) is 104 cm³/mol. The molecule has 0 unspecified atom stereocenters. The van der Waals surface area contributed by atoms with Gasteiger partial charge in [0, 0.05) is 0 Å². The summed E-state index contributed by atoms with van der Waals surface area (Å²) in [4.78, 5) is 18.7. The van der Waals surface area contributed by atoms with Crippen molar-refractivity contribution in [2.45, 2.75) is 45.4 Å². The number of fused-ring (bicyclic) bond motifs is 1. The molecule has 0 aliphatic carbocycles. The van der Waals surface area contributed by atoms with E-state index in [-0.39, 0.29) is 0 Å². The number of rotatable bonds is 10. The first-order valence-corrected chi connectivity index (χ1v) is 9.54. The van der Waals surface area contributed by atoms with Crippen LogP contribution in [0.15, 0.2) is 48.5 Å². The smallest absolute Gasteiger partial charge is 0.365 e. The van der Waals surface area contributed by atoms with Crippen LogP contribution in [0.3, 0.4) is 0 Å². The van der Waals surface area contributed by atoms with Crippen LogP contribution < -0.4 is 9.57 Å². The van der Waals surface area contributed by atoms with Crippen LogP contribution in [-0.2, 0) is 0 Å². The Morgan fingerprint density at radius 2 is 1.70 bits per heavy atom. The zero-order valence-corrected chi connectivity index (χ0v) is 15.6. The number of hydrogen-bond donors (Lipinski definition) is 0. The van der Waals surface area contributed by atoms with Gasteiger partial charge in [-0.3, -0.25) is 0 Å². The molecular weight excluding hydrogens is 342 g/mol. The van der Waals surface area contributed by atoms with Gasteiger partial charge in [0.2, 0.25) is 0 Å². The summed E-state index contributed by atoms with van der Waals surface area (Å²) < 4.78 is 5.73. The largest absolute Gasteiger partial charge is 0.494 e. The summed E-state index contributed by atoms with van der Waals surface area (Å²) in [6.07, 6.45) is 7.37. The maximum atomic E-state index is 12.3. The second-order valence-corrected chi connectivity index (χ2v) is 6.47. The Hall–Kier alpha value is -2.89. The number of hydrogen-bond acceptors (Lipinski definition) is 5. The predicted octanol–water partition coefficient (Wildman–Crippen LogP) is 4.44. The number of unbranched alkanes of at least 4 members (excludes halogenated alkanes) is 5. The van der Waals surface area contributed by atoms with Crippen LogP contribution >= 0.6 is 0 Å². The van der Waals surface area contributed by atoms with Crippen LogP contribution in [0.25, 0.3) is 11.0 Å². The van der Waals surface area contributed by atoms with Crippen molar-refractivity contribution in [2.75, 3.05) is 6.61 Å². The average Bonchev–Trinajstić information content (AvgIpc) is 3.11. The third kappa shape index (κ3) is 5.29. The fraction of sp³-hybridized carbons (Fsp3) is 0.381. The molecule has 0 saturated carbocycles. The van der Waals surface area contributed by atoms with E-state index in [1.165, 1.54) is 32.1 Å². The van der Waals surface area contributed by atoms with Crippen molar-refractivity contribution in [2.24, 2.45) is 0 Å². The van der Waals surface area contributed by atoms with Crippen molar-refractivity contribution in [3.8, 4) is 5.75 Å². The maximum Gasteiger partial charge on any atom is 0.365 e. The molecule has 0 fully saturated rings. The molecule has 1 aromatic heterocycles. The number of nitrogens with zero attached hydrogens (tertiary/aromatic N) is 3. The SMILES string of the molecule is CCCCCCCCOc1ccc(C(=O)On2nnc3ccccc32)cc1. The zero-order valence-electron chi connectivity index (χ0n) is 15.6. The molecular formula is C21H25N3O3. The van der Waals surface area contributed by atoms with Crippen LogP contribution in [0, 0.1) is 0 Å². The van der Waals surface area contributed by atoms with Crippen LogP contribution in [0.2, 0.25) is 0 Å². The first kappa shape index (κ1) is 18.9. The quantitative estimate of drug-likeness (QED) is 0.391. The summed E-state index contributed by atoms with van der Waals surface area (Å²) in [5.41, 5.74) is 1.75. The van der Waals surface area contributed by atoms with Gasteiger partial charge in [0.05, 0.1) is 12.2 Å². The van der Waals surface area contributed by atoms with Gasteiger partial charge in [-0.15, -0.1) is 5.10 Å². The lowest BCUT2D eigenvalue weighted by atomic mass is 10.1.